The summed E-state index contributed by atoms with van der Waals surface area (Å²) >= 11 is 0. The molecule has 6 nitrogen and oxygen atoms in total. The van der Waals surface area contributed by atoms with Crippen LogP contribution in [0.15, 0.2) is 0 Å². The van der Waals surface area contributed by atoms with Crippen molar-refractivity contribution in [1.29, 1.82) is 0 Å². The minimum atomic E-state index is -0.652. The molecule has 1 amide bonds. The van der Waals surface area contributed by atoms with Crippen LogP contribution in [0.2, 0.25) is 0 Å². The van der Waals surface area contributed by atoms with Crippen LogP contribution in [0.1, 0.15) is 25.7 Å². The summed E-state index contributed by atoms with van der Waals surface area (Å²) < 4.78 is 4.51. The molecule has 0 aliphatic heterocycles. The van der Waals surface area contributed by atoms with Gasteiger partial charge in [0.25, 0.3) is 6.47 Å². The van der Waals surface area contributed by atoms with Crippen molar-refractivity contribution in [2.24, 2.45) is 11.5 Å². The topological polar surface area (TPSA) is 107 Å². The Morgan fingerprint density at radius 1 is 1.47 bits per heavy atom. The van der Waals surface area contributed by atoms with Gasteiger partial charge in [0.1, 0.15) is 0 Å². The molecule has 0 saturated heterocycles. The Hall–Kier alpha value is -1.58. The van der Waals surface area contributed by atoms with E-state index in [0.29, 0.717) is 19.4 Å². The summed E-state index contributed by atoms with van der Waals surface area (Å²) in [5, 5.41) is 2.66. The van der Waals surface area contributed by atoms with Crippen molar-refractivity contribution < 1.29 is 14.3 Å². The number of unbranched alkanes of at least 4 members (excludes halogenated alkanes) is 1. The van der Waals surface area contributed by atoms with Crippen LogP contribution in [-0.4, -0.2) is 31.2 Å². The molecule has 0 rings (SSSR count). The fraction of sp³-hybridized carbons (Fsp3) is 0.636. The molecule has 96 valence electrons. The zero-order valence-corrected chi connectivity index (χ0v) is 9.72. The van der Waals surface area contributed by atoms with Gasteiger partial charge in [-0.25, -0.2) is 0 Å². The van der Waals surface area contributed by atoms with Gasteiger partial charge in [-0.05, 0) is 19.3 Å². The number of amides is 1. The van der Waals surface area contributed by atoms with E-state index in [1.54, 1.807) is 0 Å². The van der Waals surface area contributed by atoms with Crippen LogP contribution in [-0.2, 0) is 14.3 Å². The van der Waals surface area contributed by atoms with Crippen LogP contribution in [0, 0.1) is 12.3 Å². The van der Waals surface area contributed by atoms with E-state index in [1.807, 2.05) is 0 Å². The average Bonchev–Trinajstić information content (AvgIpc) is 2.29. The fourth-order valence-electron chi connectivity index (χ4n) is 1.17. The van der Waals surface area contributed by atoms with Crippen molar-refractivity contribution in [1.82, 2.24) is 5.32 Å². The highest BCUT2D eigenvalue weighted by molar-refractivity contribution is 5.81. The number of nitrogens with one attached hydrogen (secondary N) is 1. The van der Waals surface area contributed by atoms with Crippen LogP contribution in [0.5, 0.6) is 0 Å². The van der Waals surface area contributed by atoms with Crippen LogP contribution in [0.3, 0.4) is 0 Å². The second-order valence-corrected chi connectivity index (χ2v) is 3.57. The van der Waals surface area contributed by atoms with Crippen LogP contribution in [0.4, 0.5) is 0 Å². The number of carbonyl (C=O) groups excluding carboxylic acids is 2. The first-order chi connectivity index (χ1) is 8.11. The first kappa shape index (κ1) is 15.4. The summed E-state index contributed by atoms with van der Waals surface area (Å²) in [6, 6.07) is -0.652. The summed E-state index contributed by atoms with van der Waals surface area (Å²) in [4.78, 5) is 21.2. The molecule has 5 N–H and O–H groups in total. The third-order valence-electron chi connectivity index (χ3n) is 2.12. The van der Waals surface area contributed by atoms with Gasteiger partial charge in [-0.3, -0.25) is 15.3 Å². The smallest absolute Gasteiger partial charge is 0.294 e. The second-order valence-electron chi connectivity index (χ2n) is 3.57. The lowest BCUT2D eigenvalue weighted by atomic mass is 10.2. The van der Waals surface area contributed by atoms with Gasteiger partial charge in [-0.2, -0.15) is 0 Å². The van der Waals surface area contributed by atoms with Gasteiger partial charge in [-0.1, -0.05) is 0 Å². The Morgan fingerprint density at radius 3 is 2.76 bits per heavy atom. The Balaban J connectivity index is 3.48. The van der Waals surface area contributed by atoms with Crippen LogP contribution >= 0.6 is 0 Å². The fourth-order valence-corrected chi connectivity index (χ4v) is 1.17. The van der Waals surface area contributed by atoms with Gasteiger partial charge < -0.3 is 15.8 Å². The number of ether oxygens (including phenoxy) is 1. The molecule has 0 spiro atoms. The number of hydrogen-bond donors (Lipinski definition) is 3. The Morgan fingerprint density at radius 2 is 2.18 bits per heavy atom. The van der Waals surface area contributed by atoms with Crippen LogP contribution < -0.4 is 16.8 Å². The molecular weight excluding hydrogens is 222 g/mol. The van der Waals surface area contributed by atoms with Gasteiger partial charge >= 0.3 is 0 Å². The number of carbonyl (C=O) groups is 2. The first-order valence-electron chi connectivity index (χ1n) is 5.43. The van der Waals surface area contributed by atoms with Crippen molar-refractivity contribution in [3.8, 4) is 12.3 Å². The molecule has 6 heteroatoms. The number of rotatable bonds is 9. The maximum atomic E-state index is 11.3. The van der Waals surface area contributed by atoms with Gasteiger partial charge in [0.05, 0.1) is 6.04 Å². The molecule has 2 atom stereocenters. The minimum absolute atomic E-state index is 0.226. The van der Waals surface area contributed by atoms with Crippen LogP contribution in [0.25, 0.3) is 0 Å². The second kappa shape index (κ2) is 9.63. The first-order valence-corrected chi connectivity index (χ1v) is 5.43. The predicted molar refractivity (Wildman–Crippen MR) is 63.4 cm³/mol. The van der Waals surface area contributed by atoms with Crippen molar-refractivity contribution in [3.05, 3.63) is 0 Å². The summed E-state index contributed by atoms with van der Waals surface area (Å²) in [6.45, 7) is 0.830. The van der Waals surface area contributed by atoms with Gasteiger partial charge in [0, 0.05) is 13.0 Å². The predicted octanol–water partition coefficient (Wildman–Crippen LogP) is -0.919. The zero-order valence-electron chi connectivity index (χ0n) is 9.72. The molecular formula is C11H19N3O3. The Bertz CT molecular complexity index is 276. The molecule has 0 radical (unpaired) electrons. The minimum Gasteiger partial charge on any atom is -0.449 e. The molecule has 0 aliphatic rings. The highest BCUT2D eigenvalue weighted by Crippen LogP contribution is 1.98. The van der Waals surface area contributed by atoms with Crippen molar-refractivity contribution >= 4 is 12.4 Å². The van der Waals surface area contributed by atoms with E-state index in [1.165, 1.54) is 0 Å². The average molecular weight is 241 g/mol. The lowest BCUT2D eigenvalue weighted by Gasteiger charge is -2.11. The third kappa shape index (κ3) is 8.25. The highest BCUT2D eigenvalue weighted by Gasteiger charge is 2.10. The van der Waals surface area contributed by atoms with E-state index in [4.69, 9.17) is 17.9 Å². The van der Waals surface area contributed by atoms with Gasteiger partial charge in [-0.15, -0.1) is 12.3 Å². The molecule has 0 aromatic heterocycles. The maximum Gasteiger partial charge on any atom is 0.294 e. The molecule has 0 aromatic carbocycles. The van der Waals surface area contributed by atoms with E-state index >= 15 is 0 Å². The van der Waals surface area contributed by atoms with Crippen molar-refractivity contribution in [2.75, 3.05) is 6.54 Å². The number of nitrogens with two attached hydrogens (primary N) is 2. The lowest BCUT2D eigenvalue weighted by Crippen LogP contribution is -2.40. The molecule has 17 heavy (non-hydrogen) atoms. The van der Waals surface area contributed by atoms with E-state index in [9.17, 15) is 9.59 Å². The lowest BCUT2D eigenvalue weighted by molar-refractivity contribution is -0.133. The molecule has 0 saturated carbocycles. The van der Waals surface area contributed by atoms with Gasteiger partial charge in [0.2, 0.25) is 5.91 Å². The number of hydrogen-bond acceptors (Lipinski definition) is 5. The molecule has 0 heterocycles. The normalized spacial score (nSPS) is 13.2. The standard InChI is InChI=1S/C11H19N3O3/c1-2-5-9(12)11(16)14-7-4-3-6-10(13)17-8-15/h1,8-10H,3-7,12-13H2,(H,14,16)/t9-,10-/m1/s1. The molecule has 0 aliphatic carbocycles. The molecule has 0 fully saturated rings. The summed E-state index contributed by atoms with van der Waals surface area (Å²) in [7, 11) is 0. The zero-order chi connectivity index (χ0) is 13.1. The van der Waals surface area contributed by atoms with E-state index in [-0.39, 0.29) is 12.3 Å². The van der Waals surface area contributed by atoms with Crippen molar-refractivity contribution in [3.63, 3.8) is 0 Å². The molecule has 0 bridgehead atoms. The summed E-state index contributed by atoms with van der Waals surface area (Å²) in [5.74, 6) is 2.07. The summed E-state index contributed by atoms with van der Waals surface area (Å²) in [6.07, 6.45) is 6.74. The third-order valence-corrected chi connectivity index (χ3v) is 2.12. The SMILES string of the molecule is C#CC[C@@H](N)C(=O)NCCCC[C@H](N)OC=O. The highest BCUT2D eigenvalue weighted by atomic mass is 16.5. The van der Waals surface area contributed by atoms with Gasteiger partial charge in [0.15, 0.2) is 6.23 Å². The number of terminal acetylenes is 1. The van der Waals surface area contributed by atoms with E-state index in [0.717, 1.165) is 12.8 Å². The quantitative estimate of drug-likeness (QED) is 0.209. The maximum absolute atomic E-state index is 11.3. The molecule has 0 aromatic rings. The largest absolute Gasteiger partial charge is 0.449 e. The van der Waals surface area contributed by atoms with E-state index < -0.39 is 12.3 Å². The summed E-state index contributed by atoms with van der Waals surface area (Å²) in [5.41, 5.74) is 10.9. The Labute approximate surface area is 101 Å². The monoisotopic (exact) mass is 241 g/mol. The molecule has 0 unspecified atom stereocenters. The Kier molecular flexibility index (Phi) is 8.74. The van der Waals surface area contributed by atoms with E-state index in [2.05, 4.69) is 16.0 Å². The van der Waals surface area contributed by atoms with Crippen molar-refractivity contribution in [2.45, 2.75) is 38.0 Å².